The van der Waals surface area contributed by atoms with E-state index >= 15 is 0 Å². The standard InChI is InChI=1S/C7H5N3O3/c11-6-9-4-1-2-8-3-5(4)10(6)7(12)13/h1-3H,(H,9,11)(H,12,13). The number of rotatable bonds is 0. The molecule has 6 nitrogen and oxygen atoms in total. The summed E-state index contributed by atoms with van der Waals surface area (Å²) in [6, 6.07) is 1.54. The number of H-pyrrole nitrogens is 1. The third kappa shape index (κ3) is 0.994. The minimum atomic E-state index is -1.32. The number of nitrogens with one attached hydrogen (secondary N) is 1. The Labute approximate surface area is 71.5 Å². The van der Waals surface area contributed by atoms with Gasteiger partial charge in [-0.2, -0.15) is 4.57 Å². The largest absolute Gasteiger partial charge is 0.464 e. The molecule has 2 N–H and O–H groups in total. The zero-order valence-corrected chi connectivity index (χ0v) is 6.39. The van der Waals surface area contributed by atoms with Crippen molar-refractivity contribution in [3.63, 3.8) is 0 Å². The molecule has 0 aromatic carbocycles. The number of nitrogens with zero attached hydrogens (tertiary/aromatic N) is 2. The van der Waals surface area contributed by atoms with Gasteiger partial charge in [0.15, 0.2) is 0 Å². The molecule has 6 heteroatoms. The number of hydrogen-bond acceptors (Lipinski definition) is 3. The first-order valence-electron chi connectivity index (χ1n) is 3.48. The molecule has 0 saturated heterocycles. The third-order valence-corrected chi connectivity index (χ3v) is 1.68. The molecule has 2 rings (SSSR count). The molecule has 2 aromatic rings. The first-order valence-corrected chi connectivity index (χ1v) is 3.48. The Morgan fingerprint density at radius 1 is 1.62 bits per heavy atom. The molecule has 0 radical (unpaired) electrons. The second kappa shape index (κ2) is 2.44. The number of pyridine rings is 1. The average molecular weight is 179 g/mol. The Hall–Kier alpha value is -2.11. The quantitative estimate of drug-likeness (QED) is 0.606. The highest BCUT2D eigenvalue weighted by atomic mass is 16.4. The van der Waals surface area contributed by atoms with Crippen LogP contribution in [0.5, 0.6) is 0 Å². The van der Waals surface area contributed by atoms with Crippen LogP contribution in [0.3, 0.4) is 0 Å². The summed E-state index contributed by atoms with van der Waals surface area (Å²) < 4.78 is 0.613. The van der Waals surface area contributed by atoms with Crippen molar-refractivity contribution in [2.24, 2.45) is 0 Å². The van der Waals surface area contributed by atoms with Crippen LogP contribution in [-0.2, 0) is 0 Å². The van der Waals surface area contributed by atoms with E-state index in [0.29, 0.717) is 10.1 Å². The van der Waals surface area contributed by atoms with Crippen molar-refractivity contribution >= 4 is 17.1 Å². The van der Waals surface area contributed by atoms with Crippen LogP contribution in [-0.4, -0.2) is 25.7 Å². The zero-order valence-electron chi connectivity index (χ0n) is 6.39. The molecule has 0 aliphatic carbocycles. The molecule has 0 bridgehead atoms. The molecule has 0 unspecified atom stereocenters. The van der Waals surface area contributed by atoms with E-state index in [-0.39, 0.29) is 5.52 Å². The van der Waals surface area contributed by atoms with Gasteiger partial charge in [-0.1, -0.05) is 0 Å². The predicted molar refractivity (Wildman–Crippen MR) is 43.8 cm³/mol. The number of aromatic amines is 1. The highest BCUT2D eigenvalue weighted by molar-refractivity contribution is 5.84. The van der Waals surface area contributed by atoms with E-state index in [0.717, 1.165) is 0 Å². The lowest BCUT2D eigenvalue weighted by Gasteiger charge is -1.92. The molecule has 0 atom stereocenters. The van der Waals surface area contributed by atoms with Crippen LogP contribution in [0.2, 0.25) is 0 Å². The first-order chi connectivity index (χ1) is 6.20. The summed E-state index contributed by atoms with van der Waals surface area (Å²) in [5, 5.41) is 8.67. The summed E-state index contributed by atoms with van der Waals surface area (Å²) in [5.74, 6) is 0. The smallest absolute Gasteiger partial charge is 0.420 e. The highest BCUT2D eigenvalue weighted by Gasteiger charge is 2.11. The number of carboxylic acid groups (broad SMARTS) is 1. The van der Waals surface area contributed by atoms with Gasteiger partial charge < -0.3 is 10.1 Å². The van der Waals surface area contributed by atoms with Gasteiger partial charge in [0.05, 0.1) is 17.2 Å². The van der Waals surface area contributed by atoms with E-state index < -0.39 is 11.8 Å². The number of imidazole rings is 1. The van der Waals surface area contributed by atoms with Crippen molar-refractivity contribution in [3.8, 4) is 0 Å². The lowest BCUT2D eigenvalue weighted by molar-refractivity contribution is 0.196. The maximum atomic E-state index is 11.1. The summed E-state index contributed by atoms with van der Waals surface area (Å²) >= 11 is 0. The van der Waals surface area contributed by atoms with Crippen LogP contribution in [0.1, 0.15) is 0 Å². The minimum Gasteiger partial charge on any atom is -0.464 e. The molecule has 0 aliphatic heterocycles. The van der Waals surface area contributed by atoms with Crippen LogP contribution in [0, 0.1) is 0 Å². The Balaban J connectivity index is 2.95. The number of carbonyl (C=O) groups is 1. The van der Waals surface area contributed by atoms with Gasteiger partial charge in [-0.15, -0.1) is 0 Å². The molecular formula is C7H5N3O3. The topological polar surface area (TPSA) is 88.0 Å². The highest BCUT2D eigenvalue weighted by Crippen LogP contribution is 2.05. The third-order valence-electron chi connectivity index (χ3n) is 1.68. The predicted octanol–water partition coefficient (Wildman–Crippen LogP) is 0.251. The second-order valence-electron chi connectivity index (χ2n) is 2.44. The summed E-state index contributed by atoms with van der Waals surface area (Å²) in [6.07, 6.45) is 1.48. The van der Waals surface area contributed by atoms with Gasteiger partial charge >= 0.3 is 11.8 Å². The van der Waals surface area contributed by atoms with Crippen molar-refractivity contribution in [2.75, 3.05) is 0 Å². The fourth-order valence-electron chi connectivity index (χ4n) is 1.14. The number of hydrogen-bond donors (Lipinski definition) is 2. The molecule has 0 fully saturated rings. The number of fused-ring (bicyclic) bond motifs is 1. The summed E-state index contributed by atoms with van der Waals surface area (Å²) in [7, 11) is 0. The minimum absolute atomic E-state index is 0.264. The Morgan fingerprint density at radius 2 is 2.38 bits per heavy atom. The molecule has 66 valence electrons. The normalized spacial score (nSPS) is 10.5. The SMILES string of the molecule is O=C(O)n1c(=O)[nH]c2ccncc21. The fraction of sp³-hybridized carbons (Fsp3) is 0. The van der Waals surface area contributed by atoms with E-state index in [2.05, 4.69) is 9.97 Å². The first kappa shape index (κ1) is 7.53. The van der Waals surface area contributed by atoms with E-state index in [1.54, 1.807) is 0 Å². The van der Waals surface area contributed by atoms with Gasteiger partial charge in [-0.05, 0) is 6.07 Å². The fourth-order valence-corrected chi connectivity index (χ4v) is 1.14. The average Bonchev–Trinajstić information content (AvgIpc) is 2.39. The summed E-state index contributed by atoms with van der Waals surface area (Å²) in [5.41, 5.74) is 0.0536. The Kier molecular flexibility index (Phi) is 1.42. The van der Waals surface area contributed by atoms with E-state index in [9.17, 15) is 9.59 Å². The summed E-state index contributed by atoms with van der Waals surface area (Å²) in [6.45, 7) is 0. The zero-order chi connectivity index (χ0) is 9.42. The molecule has 0 amide bonds. The monoisotopic (exact) mass is 179 g/mol. The van der Waals surface area contributed by atoms with E-state index in [1.165, 1.54) is 18.5 Å². The number of aromatic nitrogens is 3. The molecule has 2 heterocycles. The summed E-state index contributed by atoms with van der Waals surface area (Å²) in [4.78, 5) is 27.8. The van der Waals surface area contributed by atoms with Gasteiger partial charge in [-0.25, -0.2) is 9.59 Å². The van der Waals surface area contributed by atoms with Crippen molar-refractivity contribution < 1.29 is 9.90 Å². The Morgan fingerprint density at radius 3 is 3.08 bits per heavy atom. The lowest BCUT2D eigenvalue weighted by Crippen LogP contribution is -2.22. The molecule has 13 heavy (non-hydrogen) atoms. The molecular weight excluding hydrogens is 174 g/mol. The Bertz CT molecular complexity index is 525. The van der Waals surface area contributed by atoms with Gasteiger partial charge in [0.1, 0.15) is 0 Å². The maximum absolute atomic E-state index is 11.1. The van der Waals surface area contributed by atoms with Crippen LogP contribution >= 0.6 is 0 Å². The molecule has 2 aromatic heterocycles. The van der Waals surface area contributed by atoms with Crippen molar-refractivity contribution in [1.82, 2.24) is 14.5 Å². The van der Waals surface area contributed by atoms with E-state index in [1.807, 2.05) is 0 Å². The van der Waals surface area contributed by atoms with Gasteiger partial charge in [-0.3, -0.25) is 4.98 Å². The molecule has 0 saturated carbocycles. The van der Waals surface area contributed by atoms with Crippen molar-refractivity contribution in [3.05, 3.63) is 28.9 Å². The molecule has 0 spiro atoms. The van der Waals surface area contributed by atoms with Gasteiger partial charge in [0.2, 0.25) is 0 Å². The lowest BCUT2D eigenvalue weighted by atomic mass is 10.4. The van der Waals surface area contributed by atoms with Crippen LogP contribution in [0.4, 0.5) is 4.79 Å². The van der Waals surface area contributed by atoms with Gasteiger partial charge in [0, 0.05) is 6.20 Å². The van der Waals surface area contributed by atoms with E-state index in [4.69, 9.17) is 5.11 Å². The van der Waals surface area contributed by atoms with Gasteiger partial charge in [0.25, 0.3) is 0 Å². The van der Waals surface area contributed by atoms with Crippen LogP contribution in [0.15, 0.2) is 23.3 Å². The molecule has 0 aliphatic rings. The van der Waals surface area contributed by atoms with Crippen molar-refractivity contribution in [1.29, 1.82) is 0 Å². The van der Waals surface area contributed by atoms with Crippen LogP contribution in [0.25, 0.3) is 11.0 Å². The van der Waals surface area contributed by atoms with Crippen LogP contribution < -0.4 is 5.69 Å². The second-order valence-corrected chi connectivity index (χ2v) is 2.44. The van der Waals surface area contributed by atoms with Crippen molar-refractivity contribution in [2.45, 2.75) is 0 Å². The maximum Gasteiger partial charge on any atom is 0.420 e.